The Morgan fingerprint density at radius 1 is 1.10 bits per heavy atom. The van der Waals surface area contributed by atoms with Gasteiger partial charge in [0.25, 0.3) is 0 Å². The number of hydrogen-bond donors (Lipinski definition) is 1. The van der Waals surface area contributed by atoms with E-state index >= 15 is 0 Å². The summed E-state index contributed by atoms with van der Waals surface area (Å²) < 4.78 is 16.0. The van der Waals surface area contributed by atoms with Crippen LogP contribution in [0.4, 0.5) is 5.69 Å². The molecule has 0 aromatic heterocycles. The molecule has 0 spiro atoms. The number of rotatable bonds is 7. The van der Waals surface area contributed by atoms with Gasteiger partial charge in [-0.05, 0) is 24.3 Å². The van der Waals surface area contributed by atoms with Crippen LogP contribution >= 0.6 is 0 Å². The summed E-state index contributed by atoms with van der Waals surface area (Å²) in [6.07, 6.45) is -0.0344. The van der Waals surface area contributed by atoms with Gasteiger partial charge in [-0.25, -0.2) is 0 Å². The second kappa shape index (κ2) is 8.09. The third-order valence-corrected chi connectivity index (χ3v) is 3.44. The second-order valence-corrected chi connectivity index (χ2v) is 4.86. The van der Waals surface area contributed by atoms with Crippen molar-refractivity contribution in [2.45, 2.75) is 6.10 Å². The van der Waals surface area contributed by atoms with Crippen molar-refractivity contribution in [3.63, 3.8) is 0 Å². The first-order valence-corrected chi connectivity index (χ1v) is 7.03. The largest absolute Gasteiger partial charge is 0.491 e. The SMILES string of the molecule is COCC(COc1ccc(N2CCNCC2)cc1)OC. The Balaban J connectivity index is 1.84. The first-order valence-electron chi connectivity index (χ1n) is 7.03. The molecule has 1 heterocycles. The first kappa shape index (κ1) is 15.1. The van der Waals surface area contributed by atoms with Crippen LogP contribution in [0, 0.1) is 0 Å². The quantitative estimate of drug-likeness (QED) is 0.811. The van der Waals surface area contributed by atoms with E-state index in [1.165, 1.54) is 5.69 Å². The lowest BCUT2D eigenvalue weighted by Crippen LogP contribution is -2.43. The van der Waals surface area contributed by atoms with Crippen molar-refractivity contribution in [2.24, 2.45) is 0 Å². The van der Waals surface area contributed by atoms with Crippen molar-refractivity contribution >= 4 is 5.69 Å². The number of nitrogens with zero attached hydrogens (tertiary/aromatic N) is 1. The zero-order valence-corrected chi connectivity index (χ0v) is 12.3. The highest BCUT2D eigenvalue weighted by Gasteiger charge is 2.11. The van der Waals surface area contributed by atoms with E-state index < -0.39 is 0 Å². The molecule has 0 saturated carbocycles. The molecule has 1 N–H and O–H groups in total. The molecule has 1 saturated heterocycles. The zero-order valence-electron chi connectivity index (χ0n) is 12.3. The topological polar surface area (TPSA) is 43.0 Å². The lowest BCUT2D eigenvalue weighted by Gasteiger charge is -2.29. The van der Waals surface area contributed by atoms with Crippen LogP contribution in [0.25, 0.3) is 0 Å². The highest BCUT2D eigenvalue weighted by atomic mass is 16.5. The van der Waals surface area contributed by atoms with Crippen molar-refractivity contribution in [3.8, 4) is 5.75 Å². The molecule has 1 aliphatic rings. The fourth-order valence-corrected chi connectivity index (χ4v) is 2.24. The van der Waals surface area contributed by atoms with Crippen molar-refractivity contribution in [2.75, 3.05) is 58.5 Å². The summed E-state index contributed by atoms with van der Waals surface area (Å²) in [6, 6.07) is 8.24. The molecule has 1 aromatic carbocycles. The van der Waals surface area contributed by atoms with Crippen LogP contribution in [0.15, 0.2) is 24.3 Å². The minimum atomic E-state index is -0.0344. The van der Waals surface area contributed by atoms with Gasteiger partial charge in [0.05, 0.1) is 6.61 Å². The molecule has 1 aliphatic heterocycles. The Labute approximate surface area is 120 Å². The normalized spacial score (nSPS) is 17.0. The Bertz CT molecular complexity index is 377. The molecular weight excluding hydrogens is 256 g/mol. The molecule has 1 atom stereocenters. The third-order valence-electron chi connectivity index (χ3n) is 3.44. The van der Waals surface area contributed by atoms with Crippen molar-refractivity contribution in [1.29, 1.82) is 0 Å². The van der Waals surface area contributed by atoms with Crippen molar-refractivity contribution in [3.05, 3.63) is 24.3 Å². The molecule has 112 valence electrons. The number of hydrogen-bond acceptors (Lipinski definition) is 5. The molecule has 2 rings (SSSR count). The average molecular weight is 280 g/mol. The molecule has 5 nitrogen and oxygen atoms in total. The number of methoxy groups -OCH3 is 2. The van der Waals surface area contributed by atoms with E-state index in [1.54, 1.807) is 14.2 Å². The average Bonchev–Trinajstić information content (AvgIpc) is 2.53. The van der Waals surface area contributed by atoms with E-state index in [1.807, 2.05) is 12.1 Å². The van der Waals surface area contributed by atoms with E-state index in [4.69, 9.17) is 14.2 Å². The molecule has 0 bridgehead atoms. The molecule has 0 radical (unpaired) electrons. The monoisotopic (exact) mass is 280 g/mol. The van der Waals surface area contributed by atoms with E-state index in [2.05, 4.69) is 22.3 Å². The van der Waals surface area contributed by atoms with E-state index in [0.717, 1.165) is 31.9 Å². The molecule has 20 heavy (non-hydrogen) atoms. The highest BCUT2D eigenvalue weighted by Crippen LogP contribution is 2.20. The van der Waals surface area contributed by atoms with E-state index in [-0.39, 0.29) is 6.10 Å². The summed E-state index contributed by atoms with van der Waals surface area (Å²) in [5.41, 5.74) is 1.25. The maximum atomic E-state index is 5.72. The number of ether oxygens (including phenoxy) is 3. The maximum Gasteiger partial charge on any atom is 0.119 e. The van der Waals surface area contributed by atoms with Crippen LogP contribution in [0.2, 0.25) is 0 Å². The van der Waals surface area contributed by atoms with Crippen molar-refractivity contribution < 1.29 is 14.2 Å². The molecule has 1 unspecified atom stereocenters. The van der Waals surface area contributed by atoms with Gasteiger partial charge in [0.1, 0.15) is 18.5 Å². The maximum absolute atomic E-state index is 5.72. The molecule has 1 fully saturated rings. The van der Waals surface area contributed by atoms with Crippen LogP contribution in [-0.4, -0.2) is 59.7 Å². The van der Waals surface area contributed by atoms with Crippen LogP contribution in [0.5, 0.6) is 5.75 Å². The number of piperazine rings is 1. The van der Waals surface area contributed by atoms with E-state index in [9.17, 15) is 0 Å². The first-order chi connectivity index (χ1) is 9.83. The van der Waals surface area contributed by atoms with Gasteiger partial charge < -0.3 is 24.4 Å². The summed E-state index contributed by atoms with van der Waals surface area (Å²) in [4.78, 5) is 2.38. The predicted molar refractivity (Wildman–Crippen MR) is 79.7 cm³/mol. The summed E-state index contributed by atoms with van der Waals surface area (Å²) in [7, 11) is 3.33. The Kier molecular flexibility index (Phi) is 6.11. The summed E-state index contributed by atoms with van der Waals surface area (Å²) in [5, 5.41) is 3.35. The van der Waals surface area contributed by atoms with Gasteiger partial charge in [-0.15, -0.1) is 0 Å². The lowest BCUT2D eigenvalue weighted by atomic mass is 10.2. The number of nitrogens with one attached hydrogen (secondary N) is 1. The summed E-state index contributed by atoms with van der Waals surface area (Å²) >= 11 is 0. The van der Waals surface area contributed by atoms with Crippen LogP contribution in [0.1, 0.15) is 0 Å². The van der Waals surface area contributed by atoms with Gasteiger partial charge in [0.2, 0.25) is 0 Å². The van der Waals surface area contributed by atoms with Gasteiger partial charge >= 0.3 is 0 Å². The van der Waals surface area contributed by atoms with Gasteiger partial charge in [-0.2, -0.15) is 0 Å². The Morgan fingerprint density at radius 3 is 2.40 bits per heavy atom. The third kappa shape index (κ3) is 4.37. The Morgan fingerprint density at radius 2 is 1.80 bits per heavy atom. The fourth-order valence-electron chi connectivity index (χ4n) is 2.24. The lowest BCUT2D eigenvalue weighted by molar-refractivity contribution is 0.000879. The van der Waals surface area contributed by atoms with Crippen LogP contribution in [0.3, 0.4) is 0 Å². The number of benzene rings is 1. The van der Waals surface area contributed by atoms with Gasteiger partial charge in [-0.3, -0.25) is 0 Å². The van der Waals surface area contributed by atoms with Gasteiger partial charge in [-0.1, -0.05) is 0 Å². The van der Waals surface area contributed by atoms with Crippen LogP contribution in [-0.2, 0) is 9.47 Å². The molecule has 0 amide bonds. The summed E-state index contributed by atoms with van der Waals surface area (Å²) in [6.45, 7) is 5.24. The molecule has 1 aromatic rings. The fraction of sp³-hybridized carbons (Fsp3) is 0.600. The van der Waals surface area contributed by atoms with Crippen molar-refractivity contribution in [1.82, 2.24) is 5.32 Å². The smallest absolute Gasteiger partial charge is 0.119 e. The molecule has 0 aliphatic carbocycles. The molecular formula is C15H24N2O3. The van der Waals surface area contributed by atoms with Crippen LogP contribution < -0.4 is 15.0 Å². The number of anilines is 1. The Hall–Kier alpha value is -1.30. The van der Waals surface area contributed by atoms with Gasteiger partial charge in [0, 0.05) is 46.1 Å². The predicted octanol–water partition coefficient (Wildman–Crippen LogP) is 1.14. The molecule has 5 heteroatoms. The highest BCUT2D eigenvalue weighted by molar-refractivity contribution is 5.49. The summed E-state index contributed by atoms with van der Waals surface area (Å²) in [5.74, 6) is 0.863. The van der Waals surface area contributed by atoms with E-state index in [0.29, 0.717) is 13.2 Å². The van der Waals surface area contributed by atoms with Gasteiger partial charge in [0.15, 0.2) is 0 Å². The second-order valence-electron chi connectivity index (χ2n) is 4.86. The zero-order chi connectivity index (χ0) is 14.2. The minimum Gasteiger partial charge on any atom is -0.491 e. The standard InChI is InChI=1S/C15H24N2O3/c1-18-11-15(19-2)12-20-14-5-3-13(4-6-14)17-9-7-16-8-10-17/h3-6,15-16H,7-12H2,1-2H3. The minimum absolute atomic E-state index is 0.0344.